The first kappa shape index (κ1) is 12.9. The van der Waals surface area contributed by atoms with Crippen LogP contribution in [-0.2, 0) is 4.79 Å². The van der Waals surface area contributed by atoms with Crippen LogP contribution in [0.5, 0.6) is 0 Å². The Kier molecular flexibility index (Phi) is 4.08. The molecule has 3 nitrogen and oxygen atoms in total. The van der Waals surface area contributed by atoms with Gasteiger partial charge in [0, 0.05) is 31.6 Å². The summed E-state index contributed by atoms with van der Waals surface area (Å²) in [7, 11) is 0. The maximum absolute atomic E-state index is 12.2. The number of carbonyl (C=O) groups is 1. The molecular formula is C14H26N2O. The molecule has 0 bridgehead atoms. The molecule has 1 amide bonds. The third kappa shape index (κ3) is 3.44. The minimum Gasteiger partial charge on any atom is -0.339 e. The third-order valence-corrected chi connectivity index (χ3v) is 4.27. The van der Waals surface area contributed by atoms with Crippen molar-refractivity contribution in [3.63, 3.8) is 0 Å². The molecule has 2 rings (SSSR count). The lowest BCUT2D eigenvalue weighted by Crippen LogP contribution is -2.49. The highest BCUT2D eigenvalue weighted by Crippen LogP contribution is 2.27. The van der Waals surface area contributed by atoms with Crippen molar-refractivity contribution in [1.82, 2.24) is 10.2 Å². The van der Waals surface area contributed by atoms with Crippen molar-refractivity contribution in [2.75, 3.05) is 13.1 Å². The van der Waals surface area contributed by atoms with E-state index in [1.807, 2.05) is 0 Å². The van der Waals surface area contributed by atoms with Gasteiger partial charge in [0.1, 0.15) is 0 Å². The van der Waals surface area contributed by atoms with Crippen molar-refractivity contribution in [1.29, 1.82) is 0 Å². The Bertz CT molecular complexity index is 275. The summed E-state index contributed by atoms with van der Waals surface area (Å²) in [5.74, 6) is 1.63. The summed E-state index contributed by atoms with van der Waals surface area (Å²) in [5.41, 5.74) is 0. The Hall–Kier alpha value is -0.570. The monoisotopic (exact) mass is 238 g/mol. The summed E-state index contributed by atoms with van der Waals surface area (Å²) in [6.07, 6.45) is 4.51. The van der Waals surface area contributed by atoms with E-state index >= 15 is 0 Å². The van der Waals surface area contributed by atoms with Gasteiger partial charge in [-0.1, -0.05) is 13.8 Å². The third-order valence-electron chi connectivity index (χ3n) is 4.27. The Morgan fingerprint density at radius 1 is 1.29 bits per heavy atom. The minimum atomic E-state index is 0.337. The SMILES string of the molecule is CC1CC(C)C(C)N(C(=O)CCNC2CC2)C1. The number of nitrogens with one attached hydrogen (secondary N) is 1. The van der Waals surface area contributed by atoms with Crippen LogP contribution in [0.4, 0.5) is 0 Å². The summed E-state index contributed by atoms with van der Waals surface area (Å²) >= 11 is 0. The van der Waals surface area contributed by atoms with E-state index in [0.29, 0.717) is 36.2 Å². The molecule has 3 unspecified atom stereocenters. The van der Waals surface area contributed by atoms with Gasteiger partial charge in [-0.3, -0.25) is 4.79 Å². The van der Waals surface area contributed by atoms with Crippen LogP contribution in [-0.4, -0.2) is 36.0 Å². The van der Waals surface area contributed by atoms with Gasteiger partial charge in [-0.15, -0.1) is 0 Å². The second-order valence-electron chi connectivity index (χ2n) is 6.08. The largest absolute Gasteiger partial charge is 0.339 e. The van der Waals surface area contributed by atoms with E-state index in [-0.39, 0.29) is 0 Å². The van der Waals surface area contributed by atoms with Gasteiger partial charge in [-0.2, -0.15) is 0 Å². The van der Waals surface area contributed by atoms with Gasteiger partial charge in [0.15, 0.2) is 0 Å². The molecule has 0 aromatic carbocycles. The first-order chi connectivity index (χ1) is 8.08. The fourth-order valence-electron chi connectivity index (χ4n) is 2.86. The van der Waals surface area contributed by atoms with E-state index in [4.69, 9.17) is 0 Å². The van der Waals surface area contributed by atoms with E-state index in [1.54, 1.807) is 0 Å². The second-order valence-corrected chi connectivity index (χ2v) is 6.08. The van der Waals surface area contributed by atoms with Gasteiger partial charge >= 0.3 is 0 Å². The molecule has 1 heterocycles. The predicted octanol–water partition coefficient (Wildman–Crippen LogP) is 2.02. The van der Waals surface area contributed by atoms with E-state index in [9.17, 15) is 4.79 Å². The average molecular weight is 238 g/mol. The standard InChI is InChI=1S/C14H26N2O/c1-10-8-11(2)12(3)16(9-10)14(17)6-7-15-13-4-5-13/h10-13,15H,4-9H2,1-3H3. The first-order valence-electron chi connectivity index (χ1n) is 7.10. The van der Waals surface area contributed by atoms with Gasteiger partial charge in [-0.05, 0) is 38.0 Å². The summed E-state index contributed by atoms with van der Waals surface area (Å²) < 4.78 is 0. The topological polar surface area (TPSA) is 32.3 Å². The number of hydrogen-bond donors (Lipinski definition) is 1. The van der Waals surface area contributed by atoms with Crippen LogP contribution in [0.2, 0.25) is 0 Å². The van der Waals surface area contributed by atoms with E-state index in [2.05, 4.69) is 31.0 Å². The number of hydrogen-bond acceptors (Lipinski definition) is 2. The Labute approximate surface area is 105 Å². The molecular weight excluding hydrogens is 212 g/mol. The van der Waals surface area contributed by atoms with Crippen LogP contribution in [0.15, 0.2) is 0 Å². The smallest absolute Gasteiger partial charge is 0.224 e. The van der Waals surface area contributed by atoms with Crippen molar-refractivity contribution < 1.29 is 4.79 Å². The minimum absolute atomic E-state index is 0.337. The number of likely N-dealkylation sites (tertiary alicyclic amines) is 1. The lowest BCUT2D eigenvalue weighted by molar-refractivity contribution is -0.136. The molecule has 2 aliphatic rings. The molecule has 17 heavy (non-hydrogen) atoms. The molecule has 0 aromatic rings. The molecule has 3 heteroatoms. The van der Waals surface area contributed by atoms with Crippen molar-refractivity contribution in [2.24, 2.45) is 11.8 Å². The lowest BCUT2D eigenvalue weighted by Gasteiger charge is -2.41. The zero-order valence-corrected chi connectivity index (χ0v) is 11.4. The Morgan fingerprint density at radius 3 is 2.65 bits per heavy atom. The molecule has 0 aromatic heterocycles. The maximum atomic E-state index is 12.2. The van der Waals surface area contributed by atoms with E-state index < -0.39 is 0 Å². The summed E-state index contributed by atoms with van der Waals surface area (Å²) in [6.45, 7) is 8.53. The number of rotatable bonds is 4. The quantitative estimate of drug-likeness (QED) is 0.812. The van der Waals surface area contributed by atoms with Crippen LogP contribution < -0.4 is 5.32 Å². The molecule has 1 aliphatic heterocycles. The van der Waals surface area contributed by atoms with Gasteiger partial charge in [-0.25, -0.2) is 0 Å². The van der Waals surface area contributed by atoms with Crippen LogP contribution in [0.1, 0.15) is 46.5 Å². The van der Waals surface area contributed by atoms with Crippen molar-refractivity contribution in [3.8, 4) is 0 Å². The fourth-order valence-corrected chi connectivity index (χ4v) is 2.86. The molecule has 98 valence electrons. The normalized spacial score (nSPS) is 33.8. The molecule has 0 radical (unpaired) electrons. The fraction of sp³-hybridized carbons (Fsp3) is 0.929. The van der Waals surface area contributed by atoms with Gasteiger partial charge in [0.05, 0.1) is 0 Å². The number of carbonyl (C=O) groups excluding carboxylic acids is 1. The molecule has 1 N–H and O–H groups in total. The van der Waals surface area contributed by atoms with Crippen LogP contribution >= 0.6 is 0 Å². The highest BCUT2D eigenvalue weighted by atomic mass is 16.2. The van der Waals surface area contributed by atoms with E-state index in [1.165, 1.54) is 19.3 Å². The molecule has 1 aliphatic carbocycles. The van der Waals surface area contributed by atoms with Crippen LogP contribution in [0, 0.1) is 11.8 Å². The molecule has 3 atom stereocenters. The Morgan fingerprint density at radius 2 is 2.00 bits per heavy atom. The highest BCUT2D eigenvalue weighted by Gasteiger charge is 2.31. The van der Waals surface area contributed by atoms with Crippen molar-refractivity contribution >= 4 is 5.91 Å². The zero-order valence-electron chi connectivity index (χ0n) is 11.4. The second kappa shape index (κ2) is 5.38. The summed E-state index contributed by atoms with van der Waals surface area (Å²) in [4.78, 5) is 14.3. The molecule has 2 fully saturated rings. The van der Waals surface area contributed by atoms with Crippen molar-refractivity contribution in [3.05, 3.63) is 0 Å². The number of nitrogens with zero attached hydrogens (tertiary/aromatic N) is 1. The first-order valence-corrected chi connectivity index (χ1v) is 7.10. The van der Waals surface area contributed by atoms with Gasteiger partial charge in [0.2, 0.25) is 5.91 Å². The average Bonchev–Trinajstić information content (AvgIpc) is 3.07. The molecule has 1 saturated carbocycles. The zero-order chi connectivity index (χ0) is 12.4. The lowest BCUT2D eigenvalue weighted by atomic mass is 9.86. The molecule has 0 spiro atoms. The predicted molar refractivity (Wildman–Crippen MR) is 69.8 cm³/mol. The van der Waals surface area contributed by atoms with Gasteiger partial charge < -0.3 is 10.2 Å². The van der Waals surface area contributed by atoms with Crippen molar-refractivity contribution in [2.45, 2.75) is 58.5 Å². The van der Waals surface area contributed by atoms with Gasteiger partial charge in [0.25, 0.3) is 0 Å². The summed E-state index contributed by atoms with van der Waals surface area (Å²) in [5, 5.41) is 3.42. The van der Waals surface area contributed by atoms with Crippen LogP contribution in [0.3, 0.4) is 0 Å². The number of amides is 1. The highest BCUT2D eigenvalue weighted by molar-refractivity contribution is 5.76. The Balaban J connectivity index is 1.78. The summed E-state index contributed by atoms with van der Waals surface area (Å²) in [6, 6.07) is 1.12. The number of piperidine rings is 1. The molecule has 1 saturated heterocycles. The van der Waals surface area contributed by atoms with E-state index in [0.717, 1.165) is 13.1 Å². The van der Waals surface area contributed by atoms with Crippen LogP contribution in [0.25, 0.3) is 0 Å². The maximum Gasteiger partial charge on any atom is 0.224 e.